The Bertz CT molecular complexity index is 149. The molecule has 0 bridgehead atoms. The molecule has 2 fully saturated rings. The van der Waals surface area contributed by atoms with Crippen molar-refractivity contribution >= 4 is 0 Å². The Morgan fingerprint density at radius 3 is 2.86 bits per heavy atom. The van der Waals surface area contributed by atoms with Gasteiger partial charge in [-0.1, -0.05) is 0 Å². The quantitative estimate of drug-likeness (QED) is 0.707. The molecule has 2 rings (SSSR count). The first kappa shape index (κ1) is 10.4. The monoisotopic (exact) mass is 198 g/mol. The summed E-state index contributed by atoms with van der Waals surface area (Å²) < 4.78 is 5.48. The van der Waals surface area contributed by atoms with Crippen molar-refractivity contribution in [1.29, 1.82) is 0 Å². The van der Waals surface area contributed by atoms with Gasteiger partial charge in [0.1, 0.15) is 0 Å². The lowest BCUT2D eigenvalue weighted by Crippen LogP contribution is -2.45. The van der Waals surface area contributed by atoms with Crippen molar-refractivity contribution in [2.75, 3.05) is 45.9 Å². The van der Waals surface area contributed by atoms with Gasteiger partial charge in [-0.2, -0.15) is 0 Å². The summed E-state index contributed by atoms with van der Waals surface area (Å²) in [5.74, 6) is 0.885. The molecule has 3 heteroatoms. The van der Waals surface area contributed by atoms with Gasteiger partial charge in [-0.05, 0) is 25.2 Å². The third-order valence-electron chi connectivity index (χ3n) is 3.30. The summed E-state index contributed by atoms with van der Waals surface area (Å²) in [5.41, 5.74) is 0. The van der Waals surface area contributed by atoms with E-state index in [9.17, 15) is 0 Å². The van der Waals surface area contributed by atoms with Crippen LogP contribution in [0.3, 0.4) is 0 Å². The van der Waals surface area contributed by atoms with Crippen LogP contribution in [0.1, 0.15) is 19.3 Å². The van der Waals surface area contributed by atoms with Crippen LogP contribution in [0.25, 0.3) is 0 Å². The van der Waals surface area contributed by atoms with E-state index < -0.39 is 0 Å². The molecule has 0 spiro atoms. The summed E-state index contributed by atoms with van der Waals surface area (Å²) in [4.78, 5) is 2.60. The van der Waals surface area contributed by atoms with E-state index in [2.05, 4.69) is 10.2 Å². The van der Waals surface area contributed by atoms with Gasteiger partial charge in [-0.25, -0.2) is 0 Å². The van der Waals surface area contributed by atoms with E-state index in [-0.39, 0.29) is 0 Å². The molecular formula is C11H22N2O. The van der Waals surface area contributed by atoms with Crippen LogP contribution in [0.15, 0.2) is 0 Å². The molecule has 2 saturated heterocycles. The first-order valence-corrected chi connectivity index (χ1v) is 5.96. The number of hydrogen-bond donors (Lipinski definition) is 1. The fourth-order valence-corrected chi connectivity index (χ4v) is 2.41. The maximum atomic E-state index is 5.48. The van der Waals surface area contributed by atoms with Gasteiger partial charge in [0.25, 0.3) is 0 Å². The minimum atomic E-state index is 0.885. The molecule has 1 unspecified atom stereocenters. The highest BCUT2D eigenvalue weighted by Gasteiger charge is 2.17. The van der Waals surface area contributed by atoms with Crippen molar-refractivity contribution in [3.63, 3.8) is 0 Å². The first-order chi connectivity index (χ1) is 6.95. The molecule has 2 heterocycles. The number of hydrogen-bond acceptors (Lipinski definition) is 3. The maximum absolute atomic E-state index is 5.48. The lowest BCUT2D eigenvalue weighted by molar-refractivity contribution is 0.136. The molecule has 14 heavy (non-hydrogen) atoms. The van der Waals surface area contributed by atoms with Crippen molar-refractivity contribution < 1.29 is 4.74 Å². The molecule has 0 aromatic carbocycles. The van der Waals surface area contributed by atoms with Crippen LogP contribution in [0, 0.1) is 5.92 Å². The summed E-state index contributed by atoms with van der Waals surface area (Å²) in [7, 11) is 0. The van der Waals surface area contributed by atoms with E-state index >= 15 is 0 Å². The zero-order valence-corrected chi connectivity index (χ0v) is 9.00. The Balaban J connectivity index is 1.71. The molecular weight excluding hydrogens is 176 g/mol. The van der Waals surface area contributed by atoms with Gasteiger partial charge in [0.15, 0.2) is 0 Å². The van der Waals surface area contributed by atoms with E-state index in [0.29, 0.717) is 0 Å². The highest BCUT2D eigenvalue weighted by Crippen LogP contribution is 2.17. The smallest absolute Gasteiger partial charge is 0.0469 e. The zero-order valence-electron chi connectivity index (χ0n) is 9.00. The van der Waals surface area contributed by atoms with Crippen molar-refractivity contribution in [3.8, 4) is 0 Å². The second-order valence-corrected chi connectivity index (χ2v) is 4.46. The summed E-state index contributed by atoms with van der Waals surface area (Å²) in [6.45, 7) is 8.07. The minimum absolute atomic E-state index is 0.885. The van der Waals surface area contributed by atoms with Gasteiger partial charge in [0.05, 0.1) is 0 Å². The van der Waals surface area contributed by atoms with Gasteiger partial charge < -0.3 is 15.0 Å². The highest BCUT2D eigenvalue weighted by molar-refractivity contribution is 4.72. The fourth-order valence-electron chi connectivity index (χ4n) is 2.41. The van der Waals surface area contributed by atoms with Crippen LogP contribution in [0.5, 0.6) is 0 Å². The largest absolute Gasteiger partial charge is 0.381 e. The first-order valence-electron chi connectivity index (χ1n) is 5.96. The SMILES string of the molecule is C1COCCC(CN2CCNCC2)C1. The predicted octanol–water partition coefficient (Wildman–Crippen LogP) is 0.708. The summed E-state index contributed by atoms with van der Waals surface area (Å²) in [6.07, 6.45) is 3.89. The third kappa shape index (κ3) is 3.23. The van der Waals surface area contributed by atoms with Crippen LogP contribution < -0.4 is 5.32 Å². The van der Waals surface area contributed by atoms with E-state index in [4.69, 9.17) is 4.74 Å². The zero-order chi connectivity index (χ0) is 9.64. The highest BCUT2D eigenvalue weighted by atomic mass is 16.5. The Morgan fingerprint density at radius 2 is 2.00 bits per heavy atom. The molecule has 1 N–H and O–H groups in total. The number of ether oxygens (including phenoxy) is 1. The maximum Gasteiger partial charge on any atom is 0.0469 e. The number of nitrogens with one attached hydrogen (secondary N) is 1. The van der Waals surface area contributed by atoms with Crippen molar-refractivity contribution in [3.05, 3.63) is 0 Å². The molecule has 0 saturated carbocycles. The van der Waals surface area contributed by atoms with E-state index in [1.165, 1.54) is 52.0 Å². The standard InChI is InChI=1S/C11H22N2O/c1-2-11(3-9-14-8-1)10-13-6-4-12-5-7-13/h11-12H,1-10H2. The van der Waals surface area contributed by atoms with Gasteiger partial charge in [-0.15, -0.1) is 0 Å². The molecule has 2 aliphatic heterocycles. The molecule has 82 valence electrons. The molecule has 3 nitrogen and oxygen atoms in total. The molecule has 2 aliphatic rings. The minimum Gasteiger partial charge on any atom is -0.381 e. The average Bonchev–Trinajstić information content (AvgIpc) is 2.48. The van der Waals surface area contributed by atoms with E-state index in [0.717, 1.165) is 19.1 Å². The Morgan fingerprint density at radius 1 is 1.14 bits per heavy atom. The number of nitrogens with zero attached hydrogens (tertiary/aromatic N) is 1. The summed E-state index contributed by atoms with van der Waals surface area (Å²) in [5, 5.41) is 3.40. The van der Waals surface area contributed by atoms with Crippen LogP contribution >= 0.6 is 0 Å². The Hall–Kier alpha value is -0.120. The second kappa shape index (κ2) is 5.69. The molecule has 0 aliphatic carbocycles. The van der Waals surface area contributed by atoms with Gasteiger partial charge in [0.2, 0.25) is 0 Å². The van der Waals surface area contributed by atoms with Gasteiger partial charge >= 0.3 is 0 Å². The van der Waals surface area contributed by atoms with Crippen LogP contribution in [-0.2, 0) is 4.74 Å². The van der Waals surface area contributed by atoms with Crippen molar-refractivity contribution in [1.82, 2.24) is 10.2 Å². The topological polar surface area (TPSA) is 24.5 Å². The third-order valence-corrected chi connectivity index (χ3v) is 3.30. The lowest BCUT2D eigenvalue weighted by atomic mass is 10.00. The van der Waals surface area contributed by atoms with Crippen molar-refractivity contribution in [2.45, 2.75) is 19.3 Å². The number of piperazine rings is 1. The fraction of sp³-hybridized carbons (Fsp3) is 1.00. The Kier molecular flexibility index (Phi) is 4.22. The van der Waals surface area contributed by atoms with E-state index in [1.54, 1.807) is 0 Å². The summed E-state index contributed by atoms with van der Waals surface area (Å²) >= 11 is 0. The van der Waals surface area contributed by atoms with Crippen LogP contribution in [0.2, 0.25) is 0 Å². The van der Waals surface area contributed by atoms with Crippen molar-refractivity contribution in [2.24, 2.45) is 5.92 Å². The molecule has 1 atom stereocenters. The molecule has 0 aromatic rings. The summed E-state index contributed by atoms with van der Waals surface area (Å²) in [6, 6.07) is 0. The predicted molar refractivity (Wildman–Crippen MR) is 57.5 cm³/mol. The van der Waals surface area contributed by atoms with Gasteiger partial charge in [0, 0.05) is 45.9 Å². The van der Waals surface area contributed by atoms with Crippen LogP contribution in [-0.4, -0.2) is 50.8 Å². The van der Waals surface area contributed by atoms with Gasteiger partial charge in [-0.3, -0.25) is 0 Å². The van der Waals surface area contributed by atoms with E-state index in [1.807, 2.05) is 0 Å². The normalized spacial score (nSPS) is 31.3. The molecule has 0 radical (unpaired) electrons. The molecule has 0 aromatic heterocycles. The second-order valence-electron chi connectivity index (χ2n) is 4.46. The average molecular weight is 198 g/mol. The number of rotatable bonds is 2. The molecule has 0 amide bonds. The van der Waals surface area contributed by atoms with Crippen LogP contribution in [0.4, 0.5) is 0 Å². The lowest BCUT2D eigenvalue weighted by Gasteiger charge is -2.30. The Labute approximate surface area is 86.8 Å².